The molecule has 2 aliphatic rings. The van der Waals surface area contributed by atoms with E-state index in [-0.39, 0.29) is 5.57 Å². The zero-order valence-electron chi connectivity index (χ0n) is 6.76. The van der Waals surface area contributed by atoms with Crippen LogP contribution in [0, 0.1) is 0 Å². The molecule has 0 aromatic heterocycles. The van der Waals surface area contributed by atoms with Gasteiger partial charge in [0.25, 0.3) is 5.91 Å². The summed E-state index contributed by atoms with van der Waals surface area (Å²) in [7, 11) is 0. The van der Waals surface area contributed by atoms with Crippen LogP contribution in [-0.4, -0.2) is 26.4 Å². The van der Waals surface area contributed by atoms with Crippen LogP contribution in [-0.2, 0) is 9.59 Å². The third-order valence-electron chi connectivity index (χ3n) is 1.72. The lowest BCUT2D eigenvalue weighted by Crippen LogP contribution is -2.47. The average molecular weight is 214 g/mol. The van der Waals surface area contributed by atoms with Crippen molar-refractivity contribution < 1.29 is 14.7 Å². The normalized spacial score (nSPS) is 19.9. The highest BCUT2D eigenvalue weighted by Gasteiger charge is 2.34. The largest absolute Gasteiger partial charge is 0.477 e. The van der Waals surface area contributed by atoms with E-state index in [1.807, 2.05) is 0 Å². The van der Waals surface area contributed by atoms with Crippen LogP contribution in [0.15, 0.2) is 23.8 Å². The van der Waals surface area contributed by atoms with Gasteiger partial charge in [-0.3, -0.25) is 4.79 Å². The van der Waals surface area contributed by atoms with Crippen molar-refractivity contribution in [2.45, 2.75) is 0 Å². The van der Waals surface area contributed by atoms with Crippen molar-refractivity contribution in [3.8, 4) is 0 Å². The number of aliphatic carboxylic acids is 1. The van der Waals surface area contributed by atoms with E-state index in [4.69, 9.17) is 5.11 Å². The van der Waals surface area contributed by atoms with Crippen molar-refractivity contribution >= 4 is 24.7 Å². The fourth-order valence-electron chi connectivity index (χ4n) is 1.10. The predicted molar refractivity (Wildman–Crippen MR) is 47.7 cm³/mol. The van der Waals surface area contributed by atoms with E-state index in [1.165, 1.54) is 10.6 Å². The molecule has 0 bridgehead atoms. The maximum absolute atomic E-state index is 11.5. The first-order valence-corrected chi connectivity index (χ1v) is 4.00. The Balaban J connectivity index is 2.31. The van der Waals surface area contributed by atoms with Crippen molar-refractivity contribution in [2.75, 3.05) is 0 Å². The van der Waals surface area contributed by atoms with Crippen LogP contribution in [0.1, 0.15) is 0 Å². The first-order chi connectivity index (χ1) is 6.59. The molecule has 0 aliphatic carbocycles. The van der Waals surface area contributed by atoms with Crippen LogP contribution in [0.5, 0.6) is 0 Å². The Kier molecular flexibility index (Phi) is 1.86. The highest BCUT2D eigenvalue weighted by atomic mass is 32.1. The van der Waals surface area contributed by atoms with E-state index >= 15 is 0 Å². The van der Waals surface area contributed by atoms with Crippen LogP contribution in [0.3, 0.4) is 0 Å². The van der Waals surface area contributed by atoms with Crippen molar-refractivity contribution in [1.82, 2.24) is 20.3 Å². The number of carboxylic acids is 1. The predicted octanol–water partition coefficient (Wildman–Crippen LogP) is -1.23. The minimum absolute atomic E-state index is 0.335. The smallest absolute Gasteiger partial charge is 0.342 e. The van der Waals surface area contributed by atoms with Crippen LogP contribution < -0.4 is 10.9 Å². The topological polar surface area (TPSA) is 84.9 Å². The molecule has 0 spiro atoms. The highest BCUT2D eigenvalue weighted by Crippen LogP contribution is 2.17. The standard InChI is InChI=1S/C6H6N4O3S/c11-5-3(6(12)13)1-7-4-2-9(14)8-10(4)5/h1-2,7-8,14H,(H,12,13). The quantitative estimate of drug-likeness (QED) is 0.323. The number of carbonyl (C=O) groups is 2. The average Bonchev–Trinajstić information content (AvgIpc) is 2.46. The number of hydrazine groups is 2. The molecule has 0 aromatic rings. The van der Waals surface area contributed by atoms with Gasteiger partial charge in [-0.1, -0.05) is 0 Å². The lowest BCUT2D eigenvalue weighted by molar-refractivity contribution is -0.138. The number of fused-ring (bicyclic) bond motifs is 1. The first kappa shape index (κ1) is 8.91. The Morgan fingerprint density at radius 3 is 2.93 bits per heavy atom. The van der Waals surface area contributed by atoms with Gasteiger partial charge in [-0.05, 0) is 12.8 Å². The monoisotopic (exact) mass is 214 g/mol. The molecule has 2 rings (SSSR count). The third kappa shape index (κ3) is 1.20. The molecule has 7 nitrogen and oxygen atoms in total. The van der Waals surface area contributed by atoms with Crippen molar-refractivity contribution in [2.24, 2.45) is 0 Å². The zero-order chi connectivity index (χ0) is 10.3. The zero-order valence-corrected chi connectivity index (χ0v) is 7.65. The fraction of sp³-hybridized carbons (Fsp3) is 0. The number of thiol groups is 1. The minimum Gasteiger partial charge on any atom is -0.477 e. The van der Waals surface area contributed by atoms with Crippen LogP contribution >= 0.6 is 12.8 Å². The summed E-state index contributed by atoms with van der Waals surface area (Å²) in [4.78, 5) is 22.1. The summed E-state index contributed by atoms with van der Waals surface area (Å²) < 4.78 is 1.23. The molecule has 0 atom stereocenters. The Morgan fingerprint density at radius 1 is 1.57 bits per heavy atom. The summed E-state index contributed by atoms with van der Waals surface area (Å²) in [5.41, 5.74) is 2.18. The van der Waals surface area contributed by atoms with Crippen molar-refractivity contribution in [1.29, 1.82) is 0 Å². The molecule has 0 fully saturated rings. The number of hydrogen-bond donors (Lipinski definition) is 4. The second-order valence-corrected chi connectivity index (χ2v) is 3.04. The number of amides is 1. The SMILES string of the molecule is O=C(O)C1=CNC2=CN(S)NN2C1=O. The summed E-state index contributed by atoms with van der Waals surface area (Å²) in [5, 5.41) is 12.4. The van der Waals surface area contributed by atoms with Gasteiger partial charge in [0.05, 0.1) is 6.20 Å². The van der Waals surface area contributed by atoms with Gasteiger partial charge in [0.2, 0.25) is 0 Å². The lowest BCUT2D eigenvalue weighted by atomic mass is 10.2. The van der Waals surface area contributed by atoms with E-state index in [0.717, 1.165) is 11.2 Å². The van der Waals surface area contributed by atoms with Gasteiger partial charge < -0.3 is 10.4 Å². The lowest BCUT2D eigenvalue weighted by Gasteiger charge is -2.23. The Labute approximate surface area is 84.1 Å². The summed E-state index contributed by atoms with van der Waals surface area (Å²) in [6.45, 7) is 0. The molecule has 3 N–H and O–H groups in total. The maximum Gasteiger partial charge on any atom is 0.342 e. The van der Waals surface area contributed by atoms with Crippen molar-refractivity contribution in [3.05, 3.63) is 23.8 Å². The van der Waals surface area contributed by atoms with E-state index in [2.05, 4.69) is 23.7 Å². The van der Waals surface area contributed by atoms with Gasteiger partial charge in [0.1, 0.15) is 11.4 Å². The van der Waals surface area contributed by atoms with Crippen molar-refractivity contribution in [3.63, 3.8) is 0 Å². The Hall–Kier alpha value is -1.67. The Bertz CT molecular complexity index is 377. The van der Waals surface area contributed by atoms with E-state index < -0.39 is 11.9 Å². The molecule has 2 aliphatic heterocycles. The van der Waals surface area contributed by atoms with E-state index in [1.54, 1.807) is 0 Å². The van der Waals surface area contributed by atoms with E-state index in [9.17, 15) is 9.59 Å². The molecule has 2 heterocycles. The van der Waals surface area contributed by atoms with Crippen LogP contribution in [0.4, 0.5) is 0 Å². The summed E-state index contributed by atoms with van der Waals surface area (Å²) in [5.74, 6) is -1.49. The van der Waals surface area contributed by atoms with Crippen LogP contribution in [0.2, 0.25) is 0 Å². The molecular weight excluding hydrogens is 208 g/mol. The van der Waals surface area contributed by atoms with Gasteiger partial charge in [-0.25, -0.2) is 14.2 Å². The number of carbonyl (C=O) groups excluding carboxylic acids is 1. The second-order valence-electron chi connectivity index (χ2n) is 2.61. The molecule has 0 unspecified atom stereocenters. The van der Waals surface area contributed by atoms with E-state index in [0.29, 0.717) is 5.82 Å². The van der Waals surface area contributed by atoms with Gasteiger partial charge in [0, 0.05) is 6.20 Å². The summed E-state index contributed by atoms with van der Waals surface area (Å²) >= 11 is 3.91. The van der Waals surface area contributed by atoms with Gasteiger partial charge in [0.15, 0.2) is 0 Å². The highest BCUT2D eigenvalue weighted by molar-refractivity contribution is 7.77. The minimum atomic E-state index is -1.28. The number of nitrogens with zero attached hydrogens (tertiary/aromatic N) is 2. The van der Waals surface area contributed by atoms with Gasteiger partial charge >= 0.3 is 5.97 Å². The molecule has 0 saturated carbocycles. The second kappa shape index (κ2) is 2.93. The molecular formula is C6H6N4O3S. The van der Waals surface area contributed by atoms with Gasteiger partial charge in [-0.15, -0.1) is 5.53 Å². The maximum atomic E-state index is 11.5. The first-order valence-electron chi connectivity index (χ1n) is 3.60. The van der Waals surface area contributed by atoms with Gasteiger partial charge in [-0.2, -0.15) is 0 Å². The molecule has 14 heavy (non-hydrogen) atoms. The van der Waals surface area contributed by atoms with Crippen LogP contribution in [0.25, 0.3) is 0 Å². The number of nitrogens with one attached hydrogen (secondary N) is 2. The molecule has 74 valence electrons. The molecule has 1 amide bonds. The summed E-state index contributed by atoms with van der Waals surface area (Å²) in [6.07, 6.45) is 2.64. The molecule has 8 heteroatoms. The molecule has 0 saturated heterocycles. The Morgan fingerprint density at radius 2 is 2.29 bits per heavy atom. The number of hydrogen-bond acceptors (Lipinski definition) is 6. The third-order valence-corrected chi connectivity index (χ3v) is 1.92. The fourth-order valence-corrected chi connectivity index (χ4v) is 1.30. The molecule has 0 aromatic carbocycles. The number of carboxylic acid groups (broad SMARTS) is 1. The molecule has 0 radical (unpaired) electrons. The number of rotatable bonds is 1. The summed E-state index contributed by atoms with van der Waals surface area (Å²) in [6, 6.07) is 0.